The van der Waals surface area contributed by atoms with Gasteiger partial charge in [-0.1, -0.05) is 36.7 Å². The minimum atomic E-state index is -4.96. The van der Waals surface area contributed by atoms with E-state index in [1.807, 2.05) is 0 Å². The SMILES string of the molecule is CCC(C(=O)Oc1ccccc1)c1c(CC(=O)Nc2ccc(F)cc2C(F)(F)F)c(=O)oc2cc(Cl)cc(C)c12. The molecule has 11 heteroatoms. The second-order valence-corrected chi connectivity index (χ2v) is 9.42. The Morgan fingerprint density at radius 3 is 2.42 bits per heavy atom. The van der Waals surface area contributed by atoms with Crippen LogP contribution in [0.25, 0.3) is 11.0 Å². The van der Waals surface area contributed by atoms with Crippen molar-refractivity contribution in [1.82, 2.24) is 0 Å². The third kappa shape index (κ3) is 6.17. The first-order valence-electron chi connectivity index (χ1n) is 12.1. The molecule has 0 aliphatic carbocycles. The number of para-hydroxylation sites is 1. The van der Waals surface area contributed by atoms with Crippen molar-refractivity contribution in [1.29, 1.82) is 0 Å². The summed E-state index contributed by atoms with van der Waals surface area (Å²) in [5, 5.41) is 2.71. The van der Waals surface area contributed by atoms with Crippen LogP contribution in [0.3, 0.4) is 0 Å². The monoisotopic (exact) mass is 575 g/mol. The van der Waals surface area contributed by atoms with Gasteiger partial charge in [0.15, 0.2) is 0 Å². The molecule has 0 saturated carbocycles. The standard InChI is InChI=1S/C29H22ClF4NO5/c1-3-19(27(37)39-18-7-5-4-6-8-18)26-20(28(38)40-23-12-16(30)11-15(2)25(23)26)14-24(36)35-22-10-9-17(31)13-21(22)29(32,33)34/h4-13,19H,3,14H2,1-2H3,(H,35,36). The number of ether oxygens (including phenoxy) is 1. The quantitative estimate of drug-likeness (QED) is 0.109. The highest BCUT2D eigenvalue weighted by atomic mass is 35.5. The van der Waals surface area contributed by atoms with Gasteiger partial charge in [0.1, 0.15) is 17.1 Å². The number of rotatable bonds is 7. The number of benzene rings is 3. The highest BCUT2D eigenvalue weighted by Gasteiger charge is 2.35. The average molecular weight is 576 g/mol. The molecule has 6 nitrogen and oxygen atoms in total. The summed E-state index contributed by atoms with van der Waals surface area (Å²) in [6.45, 7) is 3.35. The summed E-state index contributed by atoms with van der Waals surface area (Å²) < 4.78 is 64.9. The van der Waals surface area contributed by atoms with Crippen molar-refractivity contribution < 1.29 is 36.3 Å². The Morgan fingerprint density at radius 1 is 1.07 bits per heavy atom. The number of aryl methyl sites for hydroxylation is 1. The number of carbonyl (C=O) groups excluding carboxylic acids is 2. The summed E-state index contributed by atoms with van der Waals surface area (Å²) in [5.74, 6) is -3.66. The summed E-state index contributed by atoms with van der Waals surface area (Å²) >= 11 is 6.15. The van der Waals surface area contributed by atoms with Gasteiger partial charge in [-0.15, -0.1) is 0 Å². The van der Waals surface area contributed by atoms with Gasteiger partial charge < -0.3 is 14.5 Å². The number of alkyl halides is 3. The number of esters is 1. The predicted molar refractivity (Wildman–Crippen MR) is 141 cm³/mol. The minimum Gasteiger partial charge on any atom is -0.426 e. The predicted octanol–water partition coefficient (Wildman–Crippen LogP) is 7.19. The van der Waals surface area contributed by atoms with E-state index in [4.69, 9.17) is 20.8 Å². The van der Waals surface area contributed by atoms with Crippen LogP contribution in [0.5, 0.6) is 5.75 Å². The van der Waals surface area contributed by atoms with Gasteiger partial charge in [-0.05, 0) is 60.9 Å². The van der Waals surface area contributed by atoms with Crippen molar-refractivity contribution in [3.8, 4) is 5.75 Å². The Labute approximate surface area is 230 Å². The van der Waals surface area contributed by atoms with Crippen LogP contribution in [0, 0.1) is 12.7 Å². The number of carbonyl (C=O) groups is 2. The summed E-state index contributed by atoms with van der Waals surface area (Å²) in [5.41, 5.74) is -2.54. The van der Waals surface area contributed by atoms with Gasteiger partial charge >= 0.3 is 17.8 Å². The molecule has 1 heterocycles. The Kier molecular flexibility index (Phi) is 8.29. The van der Waals surface area contributed by atoms with E-state index >= 15 is 0 Å². The Hall–Kier alpha value is -4.18. The molecule has 1 unspecified atom stereocenters. The van der Waals surface area contributed by atoms with Crippen LogP contribution < -0.4 is 15.7 Å². The number of fused-ring (bicyclic) bond motifs is 1. The van der Waals surface area contributed by atoms with Gasteiger partial charge in [-0.3, -0.25) is 9.59 Å². The first-order chi connectivity index (χ1) is 18.9. The van der Waals surface area contributed by atoms with Crippen LogP contribution in [0.1, 0.15) is 41.5 Å². The van der Waals surface area contributed by atoms with Crippen LogP contribution in [-0.2, 0) is 22.2 Å². The van der Waals surface area contributed by atoms with Gasteiger partial charge in [0.2, 0.25) is 5.91 Å². The summed E-state index contributed by atoms with van der Waals surface area (Å²) in [7, 11) is 0. The number of anilines is 1. The second kappa shape index (κ2) is 11.5. The van der Waals surface area contributed by atoms with E-state index in [0.717, 1.165) is 12.1 Å². The van der Waals surface area contributed by atoms with Crippen molar-refractivity contribution in [2.75, 3.05) is 5.32 Å². The smallest absolute Gasteiger partial charge is 0.418 e. The zero-order chi connectivity index (χ0) is 29.2. The molecule has 0 bridgehead atoms. The topological polar surface area (TPSA) is 85.6 Å². The molecule has 1 atom stereocenters. The van der Waals surface area contributed by atoms with Crippen LogP contribution in [0.15, 0.2) is 69.9 Å². The summed E-state index contributed by atoms with van der Waals surface area (Å²) in [4.78, 5) is 39.5. The zero-order valence-corrected chi connectivity index (χ0v) is 22.0. The van der Waals surface area contributed by atoms with Crippen LogP contribution >= 0.6 is 11.6 Å². The van der Waals surface area contributed by atoms with E-state index in [-0.39, 0.29) is 40.0 Å². The van der Waals surface area contributed by atoms with E-state index in [2.05, 4.69) is 5.32 Å². The van der Waals surface area contributed by atoms with Crippen LogP contribution in [-0.4, -0.2) is 11.9 Å². The van der Waals surface area contributed by atoms with Crippen molar-refractivity contribution in [2.45, 2.75) is 38.8 Å². The van der Waals surface area contributed by atoms with Gasteiger partial charge in [0, 0.05) is 16.5 Å². The Balaban J connectivity index is 1.81. The van der Waals surface area contributed by atoms with E-state index in [1.165, 1.54) is 6.07 Å². The van der Waals surface area contributed by atoms with E-state index < -0.39 is 53.1 Å². The molecular weight excluding hydrogens is 554 g/mol. The Bertz CT molecular complexity index is 1650. The first kappa shape index (κ1) is 28.8. The van der Waals surface area contributed by atoms with Crippen molar-refractivity contribution >= 4 is 40.1 Å². The maximum atomic E-state index is 13.5. The fourth-order valence-electron chi connectivity index (χ4n) is 4.49. The highest BCUT2D eigenvalue weighted by Crippen LogP contribution is 2.37. The molecule has 0 fully saturated rings. The second-order valence-electron chi connectivity index (χ2n) is 8.99. The molecule has 4 rings (SSSR count). The lowest BCUT2D eigenvalue weighted by Crippen LogP contribution is -2.27. The molecular formula is C29H22ClF4NO5. The number of hydrogen-bond acceptors (Lipinski definition) is 5. The molecule has 1 aromatic heterocycles. The molecule has 1 N–H and O–H groups in total. The maximum Gasteiger partial charge on any atom is 0.418 e. The lowest BCUT2D eigenvalue weighted by molar-refractivity contribution is -0.137. The number of amides is 1. The van der Waals surface area contributed by atoms with E-state index in [0.29, 0.717) is 10.9 Å². The Morgan fingerprint density at radius 2 is 1.77 bits per heavy atom. The van der Waals surface area contributed by atoms with Gasteiger partial charge in [-0.25, -0.2) is 9.18 Å². The molecule has 40 heavy (non-hydrogen) atoms. The van der Waals surface area contributed by atoms with Crippen LogP contribution in [0.4, 0.5) is 23.2 Å². The molecule has 0 spiro atoms. The lowest BCUT2D eigenvalue weighted by atomic mass is 9.87. The molecule has 4 aromatic rings. The fourth-order valence-corrected chi connectivity index (χ4v) is 4.75. The minimum absolute atomic E-state index is 0.0676. The number of hydrogen-bond donors (Lipinski definition) is 1. The number of halogens is 5. The van der Waals surface area contributed by atoms with Crippen molar-refractivity contribution in [2.24, 2.45) is 0 Å². The molecule has 1 amide bonds. The molecule has 0 aliphatic heterocycles. The van der Waals surface area contributed by atoms with Crippen molar-refractivity contribution in [3.05, 3.63) is 104 Å². The normalized spacial score (nSPS) is 12.3. The molecule has 0 saturated heterocycles. The first-order valence-corrected chi connectivity index (χ1v) is 12.5. The van der Waals surface area contributed by atoms with Crippen molar-refractivity contribution in [3.63, 3.8) is 0 Å². The lowest BCUT2D eigenvalue weighted by Gasteiger charge is -2.21. The van der Waals surface area contributed by atoms with Gasteiger partial charge in [0.05, 0.1) is 29.2 Å². The average Bonchev–Trinajstić information content (AvgIpc) is 2.87. The fraction of sp³-hybridized carbons (Fsp3) is 0.207. The highest BCUT2D eigenvalue weighted by molar-refractivity contribution is 6.31. The van der Waals surface area contributed by atoms with E-state index in [1.54, 1.807) is 50.2 Å². The van der Waals surface area contributed by atoms with E-state index in [9.17, 15) is 31.9 Å². The van der Waals surface area contributed by atoms with Gasteiger partial charge in [-0.2, -0.15) is 13.2 Å². The summed E-state index contributed by atoms with van der Waals surface area (Å²) in [6, 6.07) is 13.0. The third-order valence-electron chi connectivity index (χ3n) is 6.21. The van der Waals surface area contributed by atoms with Crippen LogP contribution in [0.2, 0.25) is 5.02 Å². The molecule has 3 aromatic carbocycles. The molecule has 208 valence electrons. The molecule has 0 aliphatic rings. The maximum absolute atomic E-state index is 13.5. The largest absolute Gasteiger partial charge is 0.426 e. The third-order valence-corrected chi connectivity index (χ3v) is 6.43. The zero-order valence-electron chi connectivity index (χ0n) is 21.2. The molecule has 0 radical (unpaired) electrons. The number of nitrogens with one attached hydrogen (secondary N) is 1. The summed E-state index contributed by atoms with van der Waals surface area (Å²) in [6.07, 6.45) is -5.54. The van der Waals surface area contributed by atoms with Gasteiger partial charge in [0.25, 0.3) is 0 Å².